The number of amides is 2. The Morgan fingerprint density at radius 3 is 2.74 bits per heavy atom. The predicted molar refractivity (Wildman–Crippen MR) is 88.3 cm³/mol. The van der Waals surface area contributed by atoms with Gasteiger partial charge in [-0.05, 0) is 30.4 Å². The van der Waals surface area contributed by atoms with E-state index in [9.17, 15) is 18.0 Å². The van der Waals surface area contributed by atoms with E-state index in [1.54, 1.807) is 13.8 Å². The van der Waals surface area contributed by atoms with Gasteiger partial charge in [-0.3, -0.25) is 14.3 Å². The lowest BCUT2D eigenvalue weighted by Gasteiger charge is -2.24. The number of carbonyl (C=O) groups excluding carboxylic acids is 2. The van der Waals surface area contributed by atoms with Gasteiger partial charge in [0.2, 0.25) is 21.8 Å². The smallest absolute Gasteiger partial charge is 0.235 e. The van der Waals surface area contributed by atoms with Gasteiger partial charge in [-0.15, -0.1) is 0 Å². The molecule has 2 amide bonds. The number of sulfonamides is 1. The van der Waals surface area contributed by atoms with Gasteiger partial charge >= 0.3 is 0 Å². The largest absolute Gasteiger partial charge is 0.326 e. The van der Waals surface area contributed by atoms with Gasteiger partial charge in [0.25, 0.3) is 0 Å². The molecule has 0 bridgehead atoms. The zero-order valence-corrected chi connectivity index (χ0v) is 14.2. The highest BCUT2D eigenvalue weighted by molar-refractivity contribution is 7.90. The van der Waals surface area contributed by atoms with E-state index in [2.05, 4.69) is 10.0 Å². The zero-order valence-electron chi connectivity index (χ0n) is 13.3. The van der Waals surface area contributed by atoms with Gasteiger partial charge in [-0.2, -0.15) is 0 Å². The highest BCUT2D eigenvalue weighted by atomic mass is 32.2. The van der Waals surface area contributed by atoms with E-state index in [1.807, 2.05) is 24.3 Å². The van der Waals surface area contributed by atoms with Crippen molar-refractivity contribution in [2.24, 2.45) is 11.8 Å². The molecule has 2 N–H and O–H groups in total. The van der Waals surface area contributed by atoms with Gasteiger partial charge in [0.15, 0.2) is 0 Å². The molecule has 0 radical (unpaired) electrons. The van der Waals surface area contributed by atoms with Crippen LogP contribution in [-0.2, 0) is 26.0 Å². The Hall–Kier alpha value is -1.89. The first-order valence-corrected chi connectivity index (χ1v) is 9.34. The summed E-state index contributed by atoms with van der Waals surface area (Å²) in [6.45, 7) is 3.54. The first-order chi connectivity index (χ1) is 10.8. The molecule has 0 unspecified atom stereocenters. The lowest BCUT2D eigenvalue weighted by atomic mass is 9.90. The number of rotatable bonds is 6. The Morgan fingerprint density at radius 2 is 2.04 bits per heavy atom. The van der Waals surface area contributed by atoms with Crippen LogP contribution in [0.2, 0.25) is 0 Å². The second-order valence-electron chi connectivity index (χ2n) is 6.29. The number of hydrogen-bond acceptors (Lipinski definition) is 4. The maximum atomic E-state index is 12.0. The molecule has 23 heavy (non-hydrogen) atoms. The van der Waals surface area contributed by atoms with Crippen LogP contribution in [0.15, 0.2) is 24.3 Å². The van der Waals surface area contributed by atoms with E-state index in [0.29, 0.717) is 12.8 Å². The third kappa shape index (κ3) is 5.06. The minimum atomic E-state index is -3.60. The van der Waals surface area contributed by atoms with Crippen LogP contribution in [-0.4, -0.2) is 26.0 Å². The Balaban J connectivity index is 1.89. The van der Waals surface area contributed by atoms with E-state index in [1.165, 1.54) is 0 Å². The monoisotopic (exact) mass is 338 g/mol. The fraction of sp³-hybridized carbons (Fsp3) is 0.500. The molecule has 1 aromatic carbocycles. The van der Waals surface area contributed by atoms with Crippen LogP contribution in [0.1, 0.15) is 32.3 Å². The lowest BCUT2D eigenvalue weighted by Crippen LogP contribution is -2.35. The van der Waals surface area contributed by atoms with Crippen LogP contribution in [0, 0.1) is 11.8 Å². The highest BCUT2D eigenvalue weighted by Gasteiger charge is 2.26. The van der Waals surface area contributed by atoms with Crippen LogP contribution in [0.3, 0.4) is 0 Å². The van der Waals surface area contributed by atoms with Gasteiger partial charge in [0.1, 0.15) is 0 Å². The van der Waals surface area contributed by atoms with E-state index in [4.69, 9.17) is 0 Å². The molecule has 2 rings (SSSR count). The van der Waals surface area contributed by atoms with Crippen LogP contribution >= 0.6 is 0 Å². The molecule has 0 fully saturated rings. The molecular formula is C16H22N2O4S. The second-order valence-corrected chi connectivity index (χ2v) is 8.05. The Morgan fingerprint density at radius 1 is 1.35 bits per heavy atom. The molecule has 126 valence electrons. The summed E-state index contributed by atoms with van der Waals surface area (Å²) in [7, 11) is -3.60. The predicted octanol–water partition coefficient (Wildman–Crippen LogP) is 1.68. The normalized spacial score (nSPS) is 17.5. The maximum Gasteiger partial charge on any atom is 0.235 e. The number of anilines is 1. The molecule has 1 aliphatic rings. The third-order valence-electron chi connectivity index (χ3n) is 3.65. The van der Waals surface area contributed by atoms with Crippen molar-refractivity contribution in [3.63, 3.8) is 0 Å². The second kappa shape index (κ2) is 7.12. The van der Waals surface area contributed by atoms with E-state index in [-0.39, 0.29) is 29.9 Å². The van der Waals surface area contributed by atoms with Crippen molar-refractivity contribution < 1.29 is 18.0 Å². The number of para-hydroxylation sites is 1. The van der Waals surface area contributed by atoms with E-state index >= 15 is 0 Å². The molecule has 0 saturated heterocycles. The average Bonchev–Trinajstić information content (AvgIpc) is 2.43. The van der Waals surface area contributed by atoms with Gasteiger partial charge in [-0.1, -0.05) is 32.0 Å². The summed E-state index contributed by atoms with van der Waals surface area (Å²) in [5.41, 5.74) is 1.84. The standard InChI is InChI=1S/C16H22N2O4S/c1-11(2)10-23(21,22)18-15(19)8-7-13-9-12-5-3-4-6-14(12)17-16(13)20/h3-6,11,13H,7-10H2,1-2H3,(H,17,20)(H,18,19)/t13-/m1/s1. The van der Waals surface area contributed by atoms with Gasteiger partial charge < -0.3 is 5.32 Å². The van der Waals surface area contributed by atoms with E-state index < -0.39 is 15.9 Å². The summed E-state index contributed by atoms with van der Waals surface area (Å²) in [4.78, 5) is 23.9. The molecule has 0 saturated carbocycles. The van der Waals surface area contributed by atoms with Gasteiger partial charge in [0, 0.05) is 18.0 Å². The fourth-order valence-corrected chi connectivity index (χ4v) is 4.07. The average molecular weight is 338 g/mol. The highest BCUT2D eigenvalue weighted by Crippen LogP contribution is 2.27. The maximum absolute atomic E-state index is 12.0. The summed E-state index contributed by atoms with van der Waals surface area (Å²) >= 11 is 0. The summed E-state index contributed by atoms with van der Waals surface area (Å²) < 4.78 is 25.5. The number of fused-ring (bicyclic) bond motifs is 1. The van der Waals surface area contributed by atoms with Crippen LogP contribution in [0.25, 0.3) is 0 Å². The molecule has 0 aliphatic carbocycles. The summed E-state index contributed by atoms with van der Waals surface area (Å²) in [6, 6.07) is 7.54. The Kier molecular flexibility index (Phi) is 5.41. The summed E-state index contributed by atoms with van der Waals surface area (Å²) in [5.74, 6) is -1.14. The Labute approximate surface area is 136 Å². The fourth-order valence-electron chi connectivity index (χ4n) is 2.66. The number of hydrogen-bond donors (Lipinski definition) is 2. The topological polar surface area (TPSA) is 92.3 Å². The molecule has 6 nitrogen and oxygen atoms in total. The van der Waals surface area contributed by atoms with Crippen molar-refractivity contribution in [3.05, 3.63) is 29.8 Å². The summed E-state index contributed by atoms with van der Waals surface area (Å²) in [5, 5.41) is 2.82. The molecule has 1 atom stereocenters. The first-order valence-electron chi connectivity index (χ1n) is 7.69. The van der Waals surface area contributed by atoms with Crippen LogP contribution in [0.5, 0.6) is 0 Å². The zero-order chi connectivity index (χ0) is 17.0. The number of benzene rings is 1. The molecule has 0 aromatic heterocycles. The van der Waals surface area contributed by atoms with Crippen molar-refractivity contribution >= 4 is 27.5 Å². The molecule has 1 aliphatic heterocycles. The minimum absolute atomic E-state index is 0.0115. The van der Waals surface area contributed by atoms with Crippen molar-refractivity contribution in [3.8, 4) is 0 Å². The lowest BCUT2D eigenvalue weighted by molar-refractivity contribution is -0.121. The minimum Gasteiger partial charge on any atom is -0.326 e. The molecule has 7 heteroatoms. The SMILES string of the molecule is CC(C)CS(=O)(=O)NC(=O)CC[C@@H]1Cc2ccccc2NC1=O. The van der Waals surface area contributed by atoms with Crippen molar-refractivity contribution in [2.45, 2.75) is 33.1 Å². The van der Waals surface area contributed by atoms with Crippen LogP contribution < -0.4 is 10.0 Å². The molecular weight excluding hydrogens is 316 g/mol. The third-order valence-corrected chi connectivity index (χ3v) is 5.30. The van der Waals surface area contributed by atoms with E-state index in [0.717, 1.165) is 11.3 Å². The van der Waals surface area contributed by atoms with Gasteiger partial charge in [0.05, 0.1) is 5.75 Å². The van der Waals surface area contributed by atoms with Crippen molar-refractivity contribution in [1.82, 2.24) is 4.72 Å². The first kappa shape index (κ1) is 17.5. The summed E-state index contributed by atoms with van der Waals surface area (Å²) in [6.07, 6.45) is 0.898. The van der Waals surface area contributed by atoms with Crippen molar-refractivity contribution in [1.29, 1.82) is 0 Å². The van der Waals surface area contributed by atoms with Crippen LogP contribution in [0.4, 0.5) is 5.69 Å². The quantitative estimate of drug-likeness (QED) is 0.825. The molecule has 1 aromatic rings. The van der Waals surface area contributed by atoms with Gasteiger partial charge in [-0.25, -0.2) is 8.42 Å². The molecule has 1 heterocycles. The van der Waals surface area contributed by atoms with Crippen molar-refractivity contribution in [2.75, 3.05) is 11.1 Å². The number of nitrogens with one attached hydrogen (secondary N) is 2. The number of carbonyl (C=O) groups is 2. The molecule has 0 spiro atoms. The Bertz CT molecular complexity index is 698.